The molecule has 0 saturated carbocycles. The minimum atomic E-state index is -3.78. The second-order valence-corrected chi connectivity index (χ2v) is 6.95. The van der Waals surface area contributed by atoms with Gasteiger partial charge in [-0.15, -0.1) is 0 Å². The highest BCUT2D eigenvalue weighted by Crippen LogP contribution is 2.20. The van der Waals surface area contributed by atoms with Crippen LogP contribution in [0.4, 0.5) is 5.69 Å². The van der Waals surface area contributed by atoms with Crippen molar-refractivity contribution in [1.29, 1.82) is 0 Å². The number of halogens is 1. The second-order valence-electron chi connectivity index (χ2n) is 4.83. The first-order valence-corrected chi connectivity index (χ1v) is 8.34. The molecular weight excluding hydrogens is 322 g/mol. The molecule has 0 fully saturated rings. The van der Waals surface area contributed by atoms with E-state index in [9.17, 15) is 8.42 Å². The summed E-state index contributed by atoms with van der Waals surface area (Å²) < 4.78 is 32.5. The fraction of sp³-hybridized carbons (Fsp3) is 0.214. The molecule has 0 unspecified atom stereocenters. The molecule has 114 valence electrons. The molecule has 0 aliphatic rings. The highest BCUT2D eigenvalue weighted by molar-refractivity contribution is 7.92. The van der Waals surface area contributed by atoms with Crippen molar-refractivity contribution in [2.75, 3.05) is 4.72 Å². The standard InChI is InChI=1S/C14H14BClN2O3S/c1-9(2)21-11-3-5-12(6-4-11)22(19,20)18-13-7-10(16)8-17-14(13)15/h3-9,18H,1-2H3. The van der Waals surface area contributed by atoms with Crippen LogP contribution in [0.2, 0.25) is 5.02 Å². The maximum Gasteiger partial charge on any atom is 0.261 e. The Bertz CT molecular complexity index is 764. The molecule has 1 heterocycles. The van der Waals surface area contributed by atoms with Gasteiger partial charge in [-0.25, -0.2) is 8.42 Å². The first-order valence-electron chi connectivity index (χ1n) is 6.48. The molecule has 2 aromatic rings. The maximum absolute atomic E-state index is 12.3. The van der Waals surface area contributed by atoms with Gasteiger partial charge >= 0.3 is 0 Å². The molecule has 1 N–H and O–H groups in total. The van der Waals surface area contributed by atoms with Crippen molar-refractivity contribution < 1.29 is 13.2 Å². The number of hydrogen-bond donors (Lipinski definition) is 1. The molecule has 0 saturated heterocycles. The summed E-state index contributed by atoms with van der Waals surface area (Å²) in [6, 6.07) is 7.49. The van der Waals surface area contributed by atoms with E-state index >= 15 is 0 Å². The van der Waals surface area contributed by atoms with E-state index in [0.717, 1.165) is 0 Å². The molecular formula is C14H14BClN2O3S. The first-order chi connectivity index (χ1) is 10.3. The molecule has 0 amide bonds. The van der Waals surface area contributed by atoms with Crippen molar-refractivity contribution in [1.82, 2.24) is 4.98 Å². The predicted octanol–water partition coefficient (Wildman–Crippen LogP) is 2.12. The van der Waals surface area contributed by atoms with Crippen LogP contribution in [0.25, 0.3) is 0 Å². The summed E-state index contributed by atoms with van der Waals surface area (Å²) in [5.41, 5.74) is 0.183. The van der Waals surface area contributed by atoms with Gasteiger partial charge in [0.15, 0.2) is 0 Å². The van der Waals surface area contributed by atoms with E-state index in [2.05, 4.69) is 9.71 Å². The largest absolute Gasteiger partial charge is 0.491 e. The van der Waals surface area contributed by atoms with Crippen LogP contribution in [0.3, 0.4) is 0 Å². The maximum atomic E-state index is 12.3. The van der Waals surface area contributed by atoms with Crippen LogP contribution in [0, 0.1) is 0 Å². The third kappa shape index (κ3) is 4.14. The second kappa shape index (κ2) is 6.58. The highest BCUT2D eigenvalue weighted by atomic mass is 35.5. The summed E-state index contributed by atoms with van der Waals surface area (Å²) in [7, 11) is 1.85. The quantitative estimate of drug-likeness (QED) is 0.849. The predicted molar refractivity (Wildman–Crippen MR) is 87.6 cm³/mol. The van der Waals surface area contributed by atoms with Gasteiger partial charge in [0.1, 0.15) is 13.6 Å². The lowest BCUT2D eigenvalue weighted by Gasteiger charge is -2.12. The van der Waals surface area contributed by atoms with Gasteiger partial charge in [-0.05, 0) is 44.2 Å². The number of hydrogen-bond acceptors (Lipinski definition) is 4. The van der Waals surface area contributed by atoms with Crippen LogP contribution in [0.5, 0.6) is 5.75 Å². The van der Waals surface area contributed by atoms with E-state index in [4.69, 9.17) is 24.2 Å². The fourth-order valence-electron chi connectivity index (χ4n) is 1.70. The zero-order valence-electron chi connectivity index (χ0n) is 12.1. The lowest BCUT2D eigenvalue weighted by Crippen LogP contribution is -2.21. The normalized spacial score (nSPS) is 11.5. The Balaban J connectivity index is 2.25. The van der Waals surface area contributed by atoms with E-state index < -0.39 is 10.0 Å². The van der Waals surface area contributed by atoms with Gasteiger partial charge in [0.25, 0.3) is 10.0 Å². The topological polar surface area (TPSA) is 68.3 Å². The summed E-state index contributed by atoms with van der Waals surface area (Å²) in [6.07, 6.45) is 1.35. The van der Waals surface area contributed by atoms with Gasteiger partial charge in [0.2, 0.25) is 0 Å². The zero-order valence-corrected chi connectivity index (χ0v) is 13.6. The average Bonchev–Trinajstić information content (AvgIpc) is 2.42. The molecule has 8 heteroatoms. The van der Waals surface area contributed by atoms with Crippen LogP contribution >= 0.6 is 11.6 Å². The lowest BCUT2D eigenvalue weighted by molar-refractivity contribution is 0.242. The third-order valence-electron chi connectivity index (χ3n) is 2.64. The Morgan fingerprint density at radius 2 is 1.91 bits per heavy atom. The summed E-state index contributed by atoms with van der Waals surface area (Å²) in [6.45, 7) is 3.78. The Labute approximate surface area is 136 Å². The number of pyridine rings is 1. The molecule has 0 aliphatic carbocycles. The van der Waals surface area contributed by atoms with Gasteiger partial charge in [-0.1, -0.05) is 11.6 Å². The van der Waals surface area contributed by atoms with Crippen LogP contribution in [-0.2, 0) is 10.0 Å². The fourth-order valence-corrected chi connectivity index (χ4v) is 2.93. The van der Waals surface area contributed by atoms with Crippen LogP contribution < -0.4 is 15.1 Å². The van der Waals surface area contributed by atoms with Crippen LogP contribution in [-0.4, -0.2) is 27.4 Å². The lowest BCUT2D eigenvalue weighted by atomic mass is 10.0. The molecule has 0 bridgehead atoms. The molecule has 0 atom stereocenters. The van der Waals surface area contributed by atoms with Crippen molar-refractivity contribution in [2.24, 2.45) is 0 Å². The number of nitrogens with one attached hydrogen (secondary N) is 1. The molecule has 5 nitrogen and oxygen atoms in total. The number of nitrogens with zero attached hydrogens (tertiary/aromatic N) is 1. The van der Waals surface area contributed by atoms with Gasteiger partial charge in [0.05, 0.1) is 21.7 Å². The van der Waals surface area contributed by atoms with Crippen LogP contribution in [0.15, 0.2) is 41.4 Å². The molecule has 1 aromatic heterocycles. The van der Waals surface area contributed by atoms with E-state index in [-0.39, 0.29) is 27.3 Å². The van der Waals surface area contributed by atoms with Crippen molar-refractivity contribution in [2.45, 2.75) is 24.8 Å². The average molecular weight is 337 g/mol. The SMILES string of the molecule is [B]c1ncc(Cl)cc1NS(=O)(=O)c1ccc(OC(C)C)cc1. The number of aromatic nitrogens is 1. The Morgan fingerprint density at radius 1 is 1.27 bits per heavy atom. The summed E-state index contributed by atoms with van der Waals surface area (Å²) in [4.78, 5) is 3.89. The van der Waals surface area contributed by atoms with Crippen molar-refractivity contribution in [3.63, 3.8) is 0 Å². The molecule has 2 rings (SSSR count). The molecule has 2 radical (unpaired) electrons. The summed E-state index contributed by atoms with van der Waals surface area (Å²) in [5, 5.41) is 0.285. The third-order valence-corrected chi connectivity index (χ3v) is 4.22. The molecule has 22 heavy (non-hydrogen) atoms. The number of benzene rings is 1. The minimum absolute atomic E-state index is 0.0120. The first kappa shape index (κ1) is 16.6. The van der Waals surface area contributed by atoms with E-state index in [1.165, 1.54) is 24.4 Å². The molecule has 0 spiro atoms. The van der Waals surface area contributed by atoms with E-state index in [1.807, 2.05) is 13.8 Å². The Morgan fingerprint density at radius 3 is 2.50 bits per heavy atom. The smallest absolute Gasteiger partial charge is 0.261 e. The number of sulfonamides is 1. The molecule has 0 aliphatic heterocycles. The van der Waals surface area contributed by atoms with Crippen molar-refractivity contribution in [3.8, 4) is 5.75 Å². The monoisotopic (exact) mass is 336 g/mol. The van der Waals surface area contributed by atoms with Gasteiger partial charge < -0.3 is 4.74 Å². The Kier molecular flexibility index (Phi) is 4.98. The highest BCUT2D eigenvalue weighted by Gasteiger charge is 2.16. The van der Waals surface area contributed by atoms with Crippen LogP contribution in [0.1, 0.15) is 13.8 Å². The zero-order chi connectivity index (χ0) is 16.3. The van der Waals surface area contributed by atoms with Gasteiger partial charge in [-0.2, -0.15) is 0 Å². The van der Waals surface area contributed by atoms with Crippen molar-refractivity contribution >= 4 is 40.8 Å². The summed E-state index contributed by atoms with van der Waals surface area (Å²) in [5.74, 6) is 0.595. The van der Waals surface area contributed by atoms with Gasteiger partial charge in [0, 0.05) is 11.8 Å². The number of anilines is 1. The molecule has 1 aromatic carbocycles. The van der Waals surface area contributed by atoms with Crippen molar-refractivity contribution in [3.05, 3.63) is 41.6 Å². The van der Waals surface area contributed by atoms with E-state index in [1.54, 1.807) is 12.1 Å². The summed E-state index contributed by atoms with van der Waals surface area (Å²) >= 11 is 5.79. The van der Waals surface area contributed by atoms with E-state index in [0.29, 0.717) is 5.75 Å². The minimum Gasteiger partial charge on any atom is -0.491 e. The number of rotatable bonds is 5. The van der Waals surface area contributed by atoms with Gasteiger partial charge in [-0.3, -0.25) is 9.71 Å². The number of ether oxygens (including phenoxy) is 1. The Hall–Kier alpha value is -1.73.